The number of carbonyl (C=O) groups excluding carboxylic acids is 1. The quantitative estimate of drug-likeness (QED) is 0.189. The molecular weight excluding hydrogens is 438 g/mol. The van der Waals surface area contributed by atoms with Gasteiger partial charge in [-0.15, -0.1) is 11.6 Å². The number of ether oxygens (including phenoxy) is 2. The van der Waals surface area contributed by atoms with Crippen LogP contribution in [-0.2, 0) is 27.1 Å². The molecule has 1 aromatic rings. The SMILES string of the molecule is N#C/C(=C\c1cc2c3c(c1)CCCN3CCC2)C(=O)NCCOCCOCCCCCCCl. The first-order chi connectivity index (χ1) is 16.2. The van der Waals surface area contributed by atoms with E-state index in [1.165, 1.54) is 16.8 Å². The Morgan fingerprint density at radius 3 is 2.36 bits per heavy atom. The number of aryl methyl sites for hydroxylation is 2. The number of nitrogens with zero attached hydrogens (tertiary/aromatic N) is 2. The first-order valence-corrected chi connectivity index (χ1v) is 12.8. The molecule has 0 radical (unpaired) electrons. The van der Waals surface area contributed by atoms with E-state index in [-0.39, 0.29) is 11.5 Å². The molecule has 0 fully saturated rings. The van der Waals surface area contributed by atoms with Crippen molar-refractivity contribution in [3.05, 3.63) is 34.4 Å². The molecule has 0 aliphatic carbocycles. The predicted molar refractivity (Wildman–Crippen MR) is 133 cm³/mol. The van der Waals surface area contributed by atoms with Crippen molar-refractivity contribution < 1.29 is 14.3 Å². The first-order valence-electron chi connectivity index (χ1n) is 12.2. The van der Waals surface area contributed by atoms with Crippen LogP contribution in [0.2, 0.25) is 0 Å². The number of amides is 1. The van der Waals surface area contributed by atoms with Crippen molar-refractivity contribution in [1.29, 1.82) is 5.26 Å². The molecule has 2 aliphatic rings. The number of rotatable bonds is 14. The van der Waals surface area contributed by atoms with Gasteiger partial charge >= 0.3 is 0 Å². The fraction of sp³-hybridized carbons (Fsp3) is 0.615. The monoisotopic (exact) mass is 473 g/mol. The van der Waals surface area contributed by atoms with Crippen molar-refractivity contribution in [2.24, 2.45) is 0 Å². The second kappa shape index (κ2) is 14.2. The molecule has 180 valence electrons. The molecule has 1 aromatic carbocycles. The van der Waals surface area contributed by atoms with Crippen LogP contribution in [0.4, 0.5) is 5.69 Å². The van der Waals surface area contributed by atoms with E-state index in [4.69, 9.17) is 21.1 Å². The van der Waals surface area contributed by atoms with Gasteiger partial charge in [0.25, 0.3) is 5.91 Å². The van der Waals surface area contributed by atoms with Gasteiger partial charge in [-0.25, -0.2) is 0 Å². The zero-order valence-corrected chi connectivity index (χ0v) is 20.3. The van der Waals surface area contributed by atoms with E-state index >= 15 is 0 Å². The summed E-state index contributed by atoms with van der Waals surface area (Å²) in [7, 11) is 0. The minimum Gasteiger partial charge on any atom is -0.379 e. The predicted octanol–water partition coefficient (Wildman–Crippen LogP) is 4.24. The number of anilines is 1. The average molecular weight is 474 g/mol. The Balaban J connectivity index is 1.38. The molecule has 3 rings (SSSR count). The van der Waals surface area contributed by atoms with E-state index in [0.717, 1.165) is 82.5 Å². The van der Waals surface area contributed by atoms with Crippen molar-refractivity contribution in [3.8, 4) is 6.07 Å². The summed E-state index contributed by atoms with van der Waals surface area (Å²) in [6, 6.07) is 6.34. The summed E-state index contributed by atoms with van der Waals surface area (Å²) in [6.45, 7) is 4.79. The van der Waals surface area contributed by atoms with Crippen molar-refractivity contribution >= 4 is 29.3 Å². The molecule has 6 nitrogen and oxygen atoms in total. The topological polar surface area (TPSA) is 74.6 Å². The van der Waals surface area contributed by atoms with Gasteiger partial charge in [0, 0.05) is 37.8 Å². The number of alkyl halides is 1. The molecular formula is C26H36ClN3O3. The lowest BCUT2D eigenvalue weighted by molar-refractivity contribution is -0.117. The van der Waals surface area contributed by atoms with Crippen LogP contribution in [0.3, 0.4) is 0 Å². The van der Waals surface area contributed by atoms with Gasteiger partial charge in [-0.1, -0.05) is 12.8 Å². The van der Waals surface area contributed by atoms with Crippen LogP contribution in [0, 0.1) is 11.3 Å². The fourth-order valence-corrected chi connectivity index (χ4v) is 4.72. The molecule has 33 heavy (non-hydrogen) atoms. The Kier molecular flexibility index (Phi) is 11.0. The van der Waals surface area contributed by atoms with Crippen LogP contribution in [-0.4, -0.2) is 57.8 Å². The highest BCUT2D eigenvalue weighted by Crippen LogP contribution is 2.36. The van der Waals surface area contributed by atoms with Gasteiger partial charge in [0.05, 0.1) is 19.8 Å². The summed E-state index contributed by atoms with van der Waals surface area (Å²) in [5, 5.41) is 12.3. The van der Waals surface area contributed by atoms with E-state index in [2.05, 4.69) is 28.4 Å². The number of unbranched alkanes of at least 4 members (excludes halogenated alkanes) is 3. The minimum absolute atomic E-state index is 0.128. The van der Waals surface area contributed by atoms with E-state index in [0.29, 0.717) is 26.4 Å². The molecule has 0 aromatic heterocycles. The third kappa shape index (κ3) is 8.03. The Bertz CT molecular complexity index is 819. The molecule has 1 N–H and O–H groups in total. The number of nitriles is 1. The zero-order chi connectivity index (χ0) is 23.3. The van der Waals surface area contributed by atoms with Gasteiger partial charge in [-0.05, 0) is 73.4 Å². The molecule has 2 heterocycles. The molecule has 0 atom stereocenters. The van der Waals surface area contributed by atoms with Gasteiger partial charge in [0.2, 0.25) is 0 Å². The Morgan fingerprint density at radius 1 is 1.03 bits per heavy atom. The van der Waals surface area contributed by atoms with Crippen LogP contribution in [0.25, 0.3) is 6.08 Å². The Hall–Kier alpha value is -2.07. The number of hydrogen-bond acceptors (Lipinski definition) is 5. The summed E-state index contributed by atoms with van der Waals surface area (Å²) in [4.78, 5) is 15.0. The zero-order valence-electron chi connectivity index (χ0n) is 19.5. The summed E-state index contributed by atoms with van der Waals surface area (Å²) in [6.07, 6.45) is 10.5. The summed E-state index contributed by atoms with van der Waals surface area (Å²) < 4.78 is 11.0. The Morgan fingerprint density at radius 2 is 1.70 bits per heavy atom. The first kappa shape index (κ1) is 25.6. The number of hydrogen-bond donors (Lipinski definition) is 1. The third-order valence-corrected chi connectivity index (χ3v) is 6.37. The van der Waals surface area contributed by atoms with Crippen LogP contribution >= 0.6 is 11.6 Å². The average Bonchev–Trinajstić information content (AvgIpc) is 2.83. The molecule has 0 bridgehead atoms. The number of halogens is 1. The van der Waals surface area contributed by atoms with E-state index in [1.807, 2.05) is 0 Å². The molecule has 2 aliphatic heterocycles. The fourth-order valence-electron chi connectivity index (χ4n) is 4.54. The lowest BCUT2D eigenvalue weighted by Gasteiger charge is -2.37. The van der Waals surface area contributed by atoms with Gasteiger partial charge < -0.3 is 19.7 Å². The normalized spacial score (nSPS) is 15.2. The summed E-state index contributed by atoms with van der Waals surface area (Å²) in [5.74, 6) is 0.368. The lowest BCUT2D eigenvalue weighted by atomic mass is 9.89. The molecule has 1 amide bonds. The molecule has 0 spiro atoms. The van der Waals surface area contributed by atoms with E-state index < -0.39 is 0 Å². The van der Waals surface area contributed by atoms with Crippen molar-refractivity contribution in [2.45, 2.75) is 51.4 Å². The maximum Gasteiger partial charge on any atom is 0.262 e. The maximum atomic E-state index is 12.5. The van der Waals surface area contributed by atoms with E-state index in [9.17, 15) is 10.1 Å². The Labute approximate surface area is 202 Å². The summed E-state index contributed by atoms with van der Waals surface area (Å²) in [5.41, 5.74) is 5.14. The second-order valence-electron chi connectivity index (χ2n) is 8.64. The third-order valence-electron chi connectivity index (χ3n) is 6.11. The van der Waals surface area contributed by atoms with Gasteiger partial charge in [0.1, 0.15) is 11.6 Å². The molecule has 0 saturated carbocycles. The van der Waals surface area contributed by atoms with E-state index in [1.54, 1.807) is 6.08 Å². The lowest BCUT2D eigenvalue weighted by Crippen LogP contribution is -2.34. The largest absolute Gasteiger partial charge is 0.379 e. The van der Waals surface area contributed by atoms with Gasteiger partial charge in [-0.2, -0.15) is 5.26 Å². The highest BCUT2D eigenvalue weighted by Gasteiger charge is 2.24. The maximum absolute atomic E-state index is 12.5. The molecule has 0 saturated heterocycles. The van der Waals surface area contributed by atoms with Gasteiger partial charge in [-0.3, -0.25) is 4.79 Å². The van der Waals surface area contributed by atoms with Crippen LogP contribution in [0.5, 0.6) is 0 Å². The second-order valence-corrected chi connectivity index (χ2v) is 9.01. The number of carbonyl (C=O) groups is 1. The van der Waals surface area contributed by atoms with Crippen LogP contribution < -0.4 is 10.2 Å². The van der Waals surface area contributed by atoms with Crippen molar-refractivity contribution in [1.82, 2.24) is 5.32 Å². The van der Waals surface area contributed by atoms with Crippen LogP contribution in [0.1, 0.15) is 55.2 Å². The minimum atomic E-state index is -0.359. The number of benzene rings is 1. The molecule has 0 unspecified atom stereocenters. The summed E-state index contributed by atoms with van der Waals surface area (Å²) >= 11 is 5.65. The standard InChI is InChI=1S/C26H36ClN3O3/c27-9-3-1-2-4-13-32-15-16-33-14-10-29-26(31)24(20-28)19-21-17-22-7-5-11-30-12-6-8-23(18-21)25(22)30/h17-19H,1-16H2,(H,29,31)/b24-19+. The smallest absolute Gasteiger partial charge is 0.262 e. The number of nitrogens with one attached hydrogen (secondary N) is 1. The van der Waals surface area contributed by atoms with Crippen molar-refractivity contribution in [3.63, 3.8) is 0 Å². The molecule has 7 heteroatoms. The van der Waals surface area contributed by atoms with Crippen LogP contribution in [0.15, 0.2) is 17.7 Å². The highest BCUT2D eigenvalue weighted by atomic mass is 35.5. The van der Waals surface area contributed by atoms with Crippen molar-refractivity contribution in [2.75, 3.05) is 56.8 Å². The van der Waals surface area contributed by atoms with Gasteiger partial charge in [0.15, 0.2) is 0 Å². The highest BCUT2D eigenvalue weighted by molar-refractivity contribution is 6.17.